The number of hydrogen-bond acceptors (Lipinski definition) is 2. The number of allylic oxidation sites excluding steroid dienone is 4. The van der Waals surface area contributed by atoms with Crippen LogP contribution in [-0.4, -0.2) is 5.78 Å². The van der Waals surface area contributed by atoms with Crippen molar-refractivity contribution in [1.29, 1.82) is 0 Å². The second kappa shape index (κ2) is 15.4. The summed E-state index contributed by atoms with van der Waals surface area (Å²) in [7, 11) is 0. The van der Waals surface area contributed by atoms with Gasteiger partial charge in [-0.2, -0.15) is 0 Å². The van der Waals surface area contributed by atoms with E-state index in [2.05, 4.69) is 96.5 Å². The second-order valence-corrected chi connectivity index (χ2v) is 14.5. The fourth-order valence-electron chi connectivity index (χ4n) is 7.90. The van der Waals surface area contributed by atoms with E-state index in [0.29, 0.717) is 16.9 Å². The number of carbonyl (C=O) groups is 1. The lowest BCUT2D eigenvalue weighted by atomic mass is 9.86. The van der Waals surface area contributed by atoms with Gasteiger partial charge in [0.1, 0.15) is 11.5 Å². The van der Waals surface area contributed by atoms with E-state index in [1.165, 1.54) is 0 Å². The van der Waals surface area contributed by atoms with Crippen LogP contribution in [0.1, 0.15) is 44.5 Å². The Kier molecular flexibility index (Phi) is 9.20. The first kappa shape index (κ1) is 35.3. The Bertz CT molecular complexity index is 3090. The van der Waals surface area contributed by atoms with Gasteiger partial charge in [0.05, 0.1) is 0 Å². The van der Waals surface area contributed by atoms with Gasteiger partial charge in [0.2, 0.25) is 0 Å². The molecule has 0 fully saturated rings. The van der Waals surface area contributed by atoms with Crippen LogP contribution >= 0.6 is 0 Å². The normalized spacial score (nSPS) is 12.5. The van der Waals surface area contributed by atoms with Crippen LogP contribution in [0.4, 0.5) is 0 Å². The maximum absolute atomic E-state index is 15.4. The fraction of sp³-hybridized carbons (Fsp3) is 0. The average Bonchev–Trinajstić information content (AvgIpc) is 3.61. The van der Waals surface area contributed by atoms with Gasteiger partial charge in [-0.1, -0.05) is 151 Å². The maximum Gasteiger partial charge on any atom is 0.195 e. The van der Waals surface area contributed by atoms with Crippen molar-refractivity contribution in [2.24, 2.45) is 0 Å². The molecule has 0 amide bonds. The van der Waals surface area contributed by atoms with Crippen molar-refractivity contribution in [3.8, 4) is 57.4 Å². The molecular formula is C57H34O2. The van der Waals surface area contributed by atoms with E-state index in [9.17, 15) is 0 Å². The summed E-state index contributed by atoms with van der Waals surface area (Å²) in [5, 5.41) is 0. The molecule has 0 radical (unpaired) electrons. The molecule has 4 aliphatic rings. The lowest BCUT2D eigenvalue weighted by Crippen LogP contribution is -2.02. The molecule has 1 aliphatic carbocycles. The van der Waals surface area contributed by atoms with Gasteiger partial charge in [-0.15, -0.1) is 0 Å². The minimum Gasteiger partial charge on any atom is -0.457 e. The third kappa shape index (κ3) is 7.09. The third-order valence-corrected chi connectivity index (χ3v) is 10.7. The Labute approximate surface area is 344 Å². The van der Waals surface area contributed by atoms with Crippen LogP contribution in [0.5, 0.6) is 11.5 Å². The molecule has 274 valence electrons. The fourth-order valence-corrected chi connectivity index (χ4v) is 7.90. The molecule has 0 atom stereocenters. The zero-order valence-electron chi connectivity index (χ0n) is 31.9. The van der Waals surface area contributed by atoms with E-state index in [0.717, 1.165) is 83.7 Å². The number of fused-ring (bicyclic) bond motifs is 2. The number of carbonyl (C=O) groups excluding carboxylic acids is 1. The van der Waals surface area contributed by atoms with Crippen molar-refractivity contribution >= 4 is 28.1 Å². The highest BCUT2D eigenvalue weighted by Gasteiger charge is 2.36. The highest BCUT2D eigenvalue weighted by atomic mass is 16.5. The molecule has 2 nitrogen and oxygen atoms in total. The monoisotopic (exact) mass is 750 g/mol. The number of hydrogen-bond donors (Lipinski definition) is 0. The summed E-state index contributed by atoms with van der Waals surface area (Å²) in [4.78, 5) is 15.4. The van der Waals surface area contributed by atoms with Crippen molar-refractivity contribution in [1.82, 2.24) is 0 Å². The van der Waals surface area contributed by atoms with Gasteiger partial charge in [-0.05, 0) is 123 Å². The molecule has 8 aromatic carbocycles. The molecule has 0 spiro atoms. The smallest absolute Gasteiger partial charge is 0.195 e. The van der Waals surface area contributed by atoms with Gasteiger partial charge in [0, 0.05) is 44.5 Å². The molecule has 12 rings (SSSR count). The Hall–Kier alpha value is -8.17. The Morgan fingerprint density at radius 3 is 1.31 bits per heavy atom. The molecule has 59 heavy (non-hydrogen) atoms. The predicted molar refractivity (Wildman–Crippen MR) is 240 cm³/mol. The van der Waals surface area contributed by atoms with Crippen LogP contribution in [0.2, 0.25) is 0 Å². The summed E-state index contributed by atoms with van der Waals surface area (Å²) < 4.78 is 6.39. The van der Waals surface area contributed by atoms with Crippen LogP contribution in [0.25, 0.3) is 44.5 Å². The summed E-state index contributed by atoms with van der Waals surface area (Å²) in [6.45, 7) is 0. The van der Waals surface area contributed by atoms with E-state index in [-0.39, 0.29) is 5.78 Å². The van der Waals surface area contributed by atoms with Crippen LogP contribution in [0.3, 0.4) is 0 Å². The molecule has 2 heteroatoms. The van der Waals surface area contributed by atoms with Crippen LogP contribution in [-0.2, 0) is 4.79 Å². The van der Waals surface area contributed by atoms with Gasteiger partial charge in [-0.3, -0.25) is 4.79 Å². The second-order valence-electron chi connectivity index (χ2n) is 14.5. The molecule has 0 aromatic heterocycles. The largest absolute Gasteiger partial charge is 0.457 e. The Balaban J connectivity index is 1.21. The minimum atomic E-state index is -0.0263. The first-order valence-electron chi connectivity index (χ1n) is 19.6. The Morgan fingerprint density at radius 1 is 0.288 bits per heavy atom. The molecule has 0 saturated carbocycles. The predicted octanol–water partition coefficient (Wildman–Crippen LogP) is 13.0. The lowest BCUT2D eigenvalue weighted by molar-refractivity contribution is -0.108. The van der Waals surface area contributed by atoms with E-state index in [1.807, 2.05) is 133 Å². The summed E-state index contributed by atoms with van der Waals surface area (Å²) in [6, 6.07) is 69.3. The zero-order valence-corrected chi connectivity index (χ0v) is 31.9. The van der Waals surface area contributed by atoms with Crippen molar-refractivity contribution in [2.45, 2.75) is 0 Å². The molecule has 0 saturated heterocycles. The first-order valence-corrected chi connectivity index (χ1v) is 19.6. The summed E-state index contributed by atoms with van der Waals surface area (Å²) >= 11 is 0. The molecule has 3 aliphatic heterocycles. The van der Waals surface area contributed by atoms with E-state index in [1.54, 1.807) is 0 Å². The Morgan fingerprint density at radius 2 is 0.695 bits per heavy atom. The topological polar surface area (TPSA) is 26.3 Å². The number of Topliss-reactive ketones (excluding diaryl/α,β-unsaturated/α-hetero) is 1. The number of ether oxygens (including phenoxy) is 1. The van der Waals surface area contributed by atoms with Gasteiger partial charge in [0.25, 0.3) is 0 Å². The molecular weight excluding hydrogens is 717 g/mol. The lowest BCUT2D eigenvalue weighted by Gasteiger charge is -2.16. The van der Waals surface area contributed by atoms with Gasteiger partial charge in [0.15, 0.2) is 5.78 Å². The highest BCUT2D eigenvalue weighted by Crippen LogP contribution is 2.51. The van der Waals surface area contributed by atoms with Crippen molar-refractivity contribution < 1.29 is 9.53 Å². The van der Waals surface area contributed by atoms with Crippen LogP contribution in [0.15, 0.2) is 206 Å². The molecule has 8 aromatic rings. The summed E-state index contributed by atoms with van der Waals surface area (Å²) in [6.07, 6.45) is 0. The zero-order chi connectivity index (χ0) is 39.5. The van der Waals surface area contributed by atoms with Gasteiger partial charge in [-0.25, -0.2) is 0 Å². The van der Waals surface area contributed by atoms with Crippen LogP contribution < -0.4 is 4.74 Å². The highest BCUT2D eigenvalue weighted by molar-refractivity contribution is 6.59. The van der Waals surface area contributed by atoms with Gasteiger partial charge >= 0.3 is 0 Å². The third-order valence-electron chi connectivity index (χ3n) is 10.7. The SMILES string of the molecule is O=C1C(c2ccccc2)=C2C(c3cccc(C#Cc4ccccc4)c3)=C1c1ccc(-c3cccc(C#Cc4ccccc4)c3)c(c1)-c1ccc(cc1)Oc1ccc2cc1. The number of rotatable bonds is 3. The van der Waals surface area contributed by atoms with Crippen LogP contribution in [0, 0.1) is 23.7 Å². The quantitative estimate of drug-likeness (QED) is 0.168. The average molecular weight is 751 g/mol. The summed E-state index contributed by atoms with van der Waals surface area (Å²) in [5.41, 5.74) is 14.3. The van der Waals surface area contributed by atoms with Crippen molar-refractivity contribution in [3.05, 3.63) is 251 Å². The molecule has 0 unspecified atom stereocenters. The van der Waals surface area contributed by atoms with Crippen molar-refractivity contribution in [3.63, 3.8) is 0 Å². The molecule has 0 N–H and O–H groups in total. The van der Waals surface area contributed by atoms with E-state index < -0.39 is 0 Å². The minimum absolute atomic E-state index is 0.0263. The number of benzene rings is 8. The van der Waals surface area contributed by atoms with E-state index >= 15 is 4.79 Å². The standard InChI is InChI=1S/C57H34O2/c58-57-55(44-18-8-3-9-19-44)53-45-28-33-50(34-29-45)59-49-31-26-43(27-32-49)52-38-48(30-35-51(52)46-20-10-16-41(36-46)24-22-39-12-4-1-5-13-39)56(57)54(53)47-21-11-17-42(37-47)25-23-40-14-6-2-7-15-40/h1-21,26-38H. The van der Waals surface area contributed by atoms with Gasteiger partial charge < -0.3 is 4.74 Å². The molecule has 3 heterocycles. The number of ketones is 1. The summed E-state index contributed by atoms with van der Waals surface area (Å²) in [5.74, 6) is 14.8. The maximum atomic E-state index is 15.4. The first-order chi connectivity index (χ1) is 29.1. The van der Waals surface area contributed by atoms with E-state index in [4.69, 9.17) is 4.74 Å². The van der Waals surface area contributed by atoms with Crippen molar-refractivity contribution in [2.75, 3.05) is 0 Å². The molecule has 8 bridgehead atoms.